The smallest absolute Gasteiger partial charge is 0.329 e. The Bertz CT molecular complexity index is 528. The lowest BCUT2D eigenvalue weighted by Gasteiger charge is -2.31. The van der Waals surface area contributed by atoms with Gasteiger partial charge in [-0.1, -0.05) is 18.2 Å². The summed E-state index contributed by atoms with van der Waals surface area (Å²) in [6.07, 6.45) is 1.38. The van der Waals surface area contributed by atoms with Gasteiger partial charge >= 0.3 is 5.97 Å². The van der Waals surface area contributed by atoms with Crippen LogP contribution in [0.4, 0.5) is 0 Å². The van der Waals surface area contributed by atoms with E-state index in [0.717, 1.165) is 12.0 Å². The fourth-order valence-corrected chi connectivity index (χ4v) is 2.69. The molecule has 2 rings (SSSR count). The predicted octanol–water partition coefficient (Wildman–Crippen LogP) is 1.70. The lowest BCUT2D eigenvalue weighted by atomic mass is 9.98. The second-order valence-corrected chi connectivity index (χ2v) is 5.22. The number of amides is 1. The maximum atomic E-state index is 12.4. The van der Waals surface area contributed by atoms with E-state index in [1.807, 2.05) is 18.2 Å². The van der Waals surface area contributed by atoms with Crippen LogP contribution < -0.4 is 4.74 Å². The second-order valence-electron chi connectivity index (χ2n) is 5.22. The van der Waals surface area contributed by atoms with E-state index in [1.165, 1.54) is 4.90 Å². The summed E-state index contributed by atoms with van der Waals surface area (Å²) in [4.78, 5) is 25.3. The summed E-state index contributed by atoms with van der Waals surface area (Å²) in [6, 6.07) is 7.30. The van der Waals surface area contributed by atoms with Gasteiger partial charge in [-0.2, -0.15) is 0 Å². The summed E-state index contributed by atoms with van der Waals surface area (Å²) < 4.78 is 5.22. The molecule has 108 valence electrons. The van der Waals surface area contributed by atoms with Crippen molar-refractivity contribution in [1.82, 2.24) is 4.90 Å². The Hall–Kier alpha value is -2.04. The number of carboxylic acid groups (broad SMARTS) is 1. The monoisotopic (exact) mass is 277 g/mol. The van der Waals surface area contributed by atoms with Crippen molar-refractivity contribution in [2.75, 3.05) is 13.7 Å². The van der Waals surface area contributed by atoms with E-state index in [-0.39, 0.29) is 12.3 Å². The average molecular weight is 277 g/mol. The van der Waals surface area contributed by atoms with E-state index in [1.54, 1.807) is 20.1 Å². The predicted molar refractivity (Wildman–Crippen MR) is 73.7 cm³/mol. The summed E-state index contributed by atoms with van der Waals surface area (Å²) >= 11 is 0. The van der Waals surface area contributed by atoms with Gasteiger partial charge in [-0.05, 0) is 25.8 Å². The van der Waals surface area contributed by atoms with E-state index in [2.05, 4.69) is 0 Å². The minimum absolute atomic E-state index is 0.160. The van der Waals surface area contributed by atoms with Crippen LogP contribution >= 0.6 is 0 Å². The van der Waals surface area contributed by atoms with Crippen molar-refractivity contribution in [1.29, 1.82) is 0 Å². The van der Waals surface area contributed by atoms with Gasteiger partial charge in [-0.15, -0.1) is 0 Å². The third-order valence-corrected chi connectivity index (χ3v) is 3.94. The van der Waals surface area contributed by atoms with Crippen LogP contribution in [-0.2, 0) is 16.0 Å². The van der Waals surface area contributed by atoms with Gasteiger partial charge in [-0.3, -0.25) is 4.79 Å². The quantitative estimate of drug-likeness (QED) is 0.909. The number of rotatable bonds is 4. The molecule has 0 aromatic heterocycles. The molecule has 1 amide bonds. The molecule has 1 saturated heterocycles. The minimum atomic E-state index is -1.08. The molecule has 0 aliphatic carbocycles. The van der Waals surface area contributed by atoms with Crippen LogP contribution in [0.3, 0.4) is 0 Å². The summed E-state index contributed by atoms with van der Waals surface area (Å²) in [5, 5.41) is 9.34. The van der Waals surface area contributed by atoms with E-state index < -0.39 is 11.5 Å². The third kappa shape index (κ3) is 2.48. The first-order chi connectivity index (χ1) is 9.49. The van der Waals surface area contributed by atoms with Crippen LogP contribution in [0.5, 0.6) is 5.75 Å². The molecule has 1 aliphatic heterocycles. The topological polar surface area (TPSA) is 66.8 Å². The molecule has 0 spiro atoms. The van der Waals surface area contributed by atoms with Crippen molar-refractivity contribution < 1.29 is 19.4 Å². The highest BCUT2D eigenvalue weighted by Crippen LogP contribution is 2.30. The number of benzene rings is 1. The SMILES string of the molecule is COc1ccccc1CC(=O)N1CCCC1(C)C(=O)O. The highest BCUT2D eigenvalue weighted by molar-refractivity contribution is 5.88. The number of carbonyl (C=O) groups excluding carboxylic acids is 1. The standard InChI is InChI=1S/C15H19NO4/c1-15(14(18)19)8-5-9-16(15)13(17)10-11-6-3-4-7-12(11)20-2/h3-4,6-7H,5,8-10H2,1-2H3,(H,18,19). The van der Waals surface area contributed by atoms with Crippen molar-refractivity contribution in [3.63, 3.8) is 0 Å². The zero-order chi connectivity index (χ0) is 14.8. The Labute approximate surface area is 118 Å². The Morgan fingerprint density at radius 3 is 2.75 bits per heavy atom. The maximum Gasteiger partial charge on any atom is 0.329 e. The Balaban J connectivity index is 2.18. The molecule has 1 fully saturated rings. The largest absolute Gasteiger partial charge is 0.496 e. The Morgan fingerprint density at radius 2 is 2.10 bits per heavy atom. The van der Waals surface area contributed by atoms with Gasteiger partial charge in [0.25, 0.3) is 0 Å². The Kier molecular flexibility index (Phi) is 3.97. The first-order valence-corrected chi connectivity index (χ1v) is 6.65. The molecule has 5 heteroatoms. The van der Waals surface area contributed by atoms with Crippen LogP contribution in [0.2, 0.25) is 0 Å². The number of carbonyl (C=O) groups is 2. The van der Waals surface area contributed by atoms with Crippen LogP contribution in [0.1, 0.15) is 25.3 Å². The number of para-hydroxylation sites is 1. The third-order valence-electron chi connectivity index (χ3n) is 3.94. The fourth-order valence-electron chi connectivity index (χ4n) is 2.69. The maximum absolute atomic E-state index is 12.4. The molecule has 1 aromatic carbocycles. The Morgan fingerprint density at radius 1 is 1.40 bits per heavy atom. The molecular formula is C15H19NO4. The first kappa shape index (κ1) is 14.4. The highest BCUT2D eigenvalue weighted by atomic mass is 16.5. The number of carboxylic acids is 1. The van der Waals surface area contributed by atoms with Gasteiger partial charge in [-0.25, -0.2) is 4.79 Å². The molecule has 1 N–H and O–H groups in total. The van der Waals surface area contributed by atoms with Gasteiger partial charge in [0.05, 0.1) is 13.5 Å². The summed E-state index contributed by atoms with van der Waals surface area (Å²) in [7, 11) is 1.56. The van der Waals surface area contributed by atoms with Crippen LogP contribution in [0.15, 0.2) is 24.3 Å². The van der Waals surface area contributed by atoms with Crippen molar-refractivity contribution in [2.24, 2.45) is 0 Å². The lowest BCUT2D eigenvalue weighted by Crippen LogP contribution is -2.51. The van der Waals surface area contributed by atoms with Crippen molar-refractivity contribution in [3.05, 3.63) is 29.8 Å². The van der Waals surface area contributed by atoms with E-state index in [9.17, 15) is 14.7 Å². The van der Waals surface area contributed by atoms with E-state index in [4.69, 9.17) is 4.74 Å². The number of likely N-dealkylation sites (tertiary alicyclic amines) is 1. The lowest BCUT2D eigenvalue weighted by molar-refractivity contribution is -0.155. The van der Waals surface area contributed by atoms with Gasteiger partial charge < -0.3 is 14.7 Å². The molecule has 0 saturated carbocycles. The molecule has 1 heterocycles. The fraction of sp³-hybridized carbons (Fsp3) is 0.467. The number of methoxy groups -OCH3 is 1. The van der Waals surface area contributed by atoms with Gasteiger partial charge in [0.1, 0.15) is 11.3 Å². The number of aliphatic carboxylic acids is 1. The second kappa shape index (κ2) is 5.53. The zero-order valence-corrected chi connectivity index (χ0v) is 11.8. The summed E-state index contributed by atoms with van der Waals surface area (Å²) in [5.41, 5.74) is -0.307. The summed E-state index contributed by atoms with van der Waals surface area (Å²) in [5.74, 6) is -0.461. The number of ether oxygens (including phenoxy) is 1. The summed E-state index contributed by atoms with van der Waals surface area (Å²) in [6.45, 7) is 2.11. The van der Waals surface area contributed by atoms with Crippen LogP contribution in [0, 0.1) is 0 Å². The van der Waals surface area contributed by atoms with Crippen LogP contribution in [-0.4, -0.2) is 41.1 Å². The molecule has 1 atom stereocenters. The average Bonchev–Trinajstić information content (AvgIpc) is 2.83. The molecule has 0 radical (unpaired) electrons. The van der Waals surface area contributed by atoms with Crippen LogP contribution in [0.25, 0.3) is 0 Å². The zero-order valence-electron chi connectivity index (χ0n) is 11.8. The van der Waals surface area contributed by atoms with E-state index >= 15 is 0 Å². The van der Waals surface area contributed by atoms with Gasteiger partial charge in [0.2, 0.25) is 5.91 Å². The molecule has 0 bridgehead atoms. The van der Waals surface area contributed by atoms with Crippen molar-refractivity contribution >= 4 is 11.9 Å². The first-order valence-electron chi connectivity index (χ1n) is 6.65. The van der Waals surface area contributed by atoms with Crippen molar-refractivity contribution in [2.45, 2.75) is 31.7 Å². The minimum Gasteiger partial charge on any atom is -0.496 e. The molecule has 5 nitrogen and oxygen atoms in total. The molecule has 1 aromatic rings. The number of nitrogens with zero attached hydrogens (tertiary/aromatic N) is 1. The molecule has 1 aliphatic rings. The molecule has 20 heavy (non-hydrogen) atoms. The van der Waals surface area contributed by atoms with Crippen molar-refractivity contribution in [3.8, 4) is 5.75 Å². The molecule has 1 unspecified atom stereocenters. The number of hydrogen-bond donors (Lipinski definition) is 1. The van der Waals surface area contributed by atoms with Gasteiger partial charge in [0.15, 0.2) is 0 Å². The molecular weight excluding hydrogens is 258 g/mol. The number of hydrogen-bond acceptors (Lipinski definition) is 3. The van der Waals surface area contributed by atoms with Gasteiger partial charge in [0, 0.05) is 12.1 Å². The highest BCUT2D eigenvalue weighted by Gasteiger charge is 2.45. The normalized spacial score (nSPS) is 21.8. The van der Waals surface area contributed by atoms with E-state index in [0.29, 0.717) is 18.7 Å².